The number of nitrogens with one attached hydrogen (secondary N) is 1. The number of carbonyl (C=O) groups excluding carboxylic acids is 1. The number of hydrogen-bond acceptors (Lipinski definition) is 5. The van der Waals surface area contributed by atoms with Crippen molar-refractivity contribution in [2.45, 2.75) is 65.0 Å². The van der Waals surface area contributed by atoms with Crippen LogP contribution in [0.2, 0.25) is 5.15 Å². The van der Waals surface area contributed by atoms with Crippen LogP contribution in [0.5, 0.6) is 0 Å². The molecule has 0 spiro atoms. The smallest absolute Gasteiger partial charge is 0.261 e. The van der Waals surface area contributed by atoms with Gasteiger partial charge in [-0.05, 0) is 50.5 Å². The second-order valence-electron chi connectivity index (χ2n) is 8.36. The maximum absolute atomic E-state index is 13.3. The van der Waals surface area contributed by atoms with E-state index in [1.54, 1.807) is 12.1 Å². The number of fused-ring (bicyclic) bond motifs is 2. The van der Waals surface area contributed by atoms with Gasteiger partial charge in [-0.15, -0.1) is 0 Å². The van der Waals surface area contributed by atoms with E-state index >= 15 is 0 Å². The predicted molar refractivity (Wildman–Crippen MR) is 124 cm³/mol. The summed E-state index contributed by atoms with van der Waals surface area (Å²) in [7, 11) is 0. The molecule has 2 atom stereocenters. The molecule has 4 rings (SSSR count). The van der Waals surface area contributed by atoms with E-state index in [1.165, 1.54) is 0 Å². The van der Waals surface area contributed by atoms with Gasteiger partial charge in [0, 0.05) is 18.0 Å². The Hall–Kier alpha value is -2.73. The van der Waals surface area contributed by atoms with Crippen molar-refractivity contribution < 1.29 is 4.79 Å². The van der Waals surface area contributed by atoms with Crippen LogP contribution in [-0.2, 0) is 6.54 Å². The van der Waals surface area contributed by atoms with Gasteiger partial charge in [-0.3, -0.25) is 14.2 Å². The number of aromatic nitrogens is 3. The van der Waals surface area contributed by atoms with Gasteiger partial charge in [0.05, 0.1) is 22.6 Å². The molecule has 1 aliphatic rings. The Bertz CT molecular complexity index is 1200. The van der Waals surface area contributed by atoms with Crippen LogP contribution in [0, 0.1) is 6.92 Å². The quantitative estimate of drug-likeness (QED) is 0.394. The number of nitrogens with zero attached hydrogens (tertiary/aromatic N) is 3. The number of aldehydes is 1. The van der Waals surface area contributed by atoms with Gasteiger partial charge in [0.15, 0.2) is 6.29 Å². The van der Waals surface area contributed by atoms with Gasteiger partial charge in [0.2, 0.25) is 0 Å². The zero-order chi connectivity index (χ0) is 22.1. The second kappa shape index (κ2) is 8.79. The molecular formula is C24H27ClN4O2. The molecule has 0 saturated carbocycles. The fraction of sp³-hybridized carbons (Fsp3) is 0.417. The van der Waals surface area contributed by atoms with Crippen LogP contribution in [0.25, 0.3) is 10.9 Å². The Morgan fingerprint density at radius 2 is 2.13 bits per heavy atom. The van der Waals surface area contributed by atoms with Crippen molar-refractivity contribution in [1.82, 2.24) is 14.5 Å². The van der Waals surface area contributed by atoms with E-state index in [9.17, 15) is 9.59 Å². The minimum Gasteiger partial charge on any atom is -0.377 e. The first-order valence-corrected chi connectivity index (χ1v) is 11.2. The van der Waals surface area contributed by atoms with E-state index in [0.717, 1.165) is 54.7 Å². The molecular weight excluding hydrogens is 412 g/mol. The summed E-state index contributed by atoms with van der Waals surface area (Å²) >= 11 is 5.92. The molecule has 0 saturated heterocycles. The van der Waals surface area contributed by atoms with E-state index in [4.69, 9.17) is 16.6 Å². The molecule has 2 unspecified atom stereocenters. The molecule has 3 aromatic rings. The molecule has 2 aromatic heterocycles. The van der Waals surface area contributed by atoms with Crippen LogP contribution < -0.4 is 10.9 Å². The van der Waals surface area contributed by atoms with Crippen molar-refractivity contribution >= 4 is 34.5 Å². The fourth-order valence-corrected chi connectivity index (χ4v) is 4.64. The largest absolute Gasteiger partial charge is 0.377 e. The molecule has 1 aromatic carbocycles. The number of aryl methyl sites for hydroxylation is 1. The molecule has 162 valence electrons. The zero-order valence-electron chi connectivity index (χ0n) is 18.1. The van der Waals surface area contributed by atoms with E-state index < -0.39 is 0 Å². The first-order valence-electron chi connectivity index (χ1n) is 10.9. The van der Waals surface area contributed by atoms with Crippen molar-refractivity contribution in [1.29, 1.82) is 0 Å². The monoisotopic (exact) mass is 438 g/mol. The highest BCUT2D eigenvalue weighted by molar-refractivity contribution is 6.29. The topological polar surface area (TPSA) is 76.9 Å². The van der Waals surface area contributed by atoms with Crippen LogP contribution in [-0.4, -0.2) is 20.8 Å². The second-order valence-corrected chi connectivity index (χ2v) is 8.74. The van der Waals surface area contributed by atoms with Crippen molar-refractivity contribution in [2.75, 3.05) is 5.32 Å². The van der Waals surface area contributed by atoms with Crippen molar-refractivity contribution in [3.63, 3.8) is 0 Å². The Labute approximate surface area is 186 Å². The summed E-state index contributed by atoms with van der Waals surface area (Å²) in [4.78, 5) is 33.8. The lowest BCUT2D eigenvalue weighted by Gasteiger charge is -2.20. The third-order valence-electron chi connectivity index (χ3n) is 6.08. The van der Waals surface area contributed by atoms with Crippen LogP contribution >= 0.6 is 11.6 Å². The number of benzene rings is 1. The standard InChI is InChI=1S/C24H27ClN4O2/c1-4-5-6-16-9-10-29-23(16)28-22-17(11-14(2)12-18(22)24(29)31)15(3)26-19-7-8-21(25)27-20(19)13-30/h7-8,11-13,15-16,26H,4-6,9-10H2,1-3H3. The molecule has 0 amide bonds. The maximum atomic E-state index is 13.3. The molecule has 3 heterocycles. The van der Waals surface area contributed by atoms with Gasteiger partial charge in [-0.2, -0.15) is 0 Å². The van der Waals surface area contributed by atoms with Crippen LogP contribution in [0.3, 0.4) is 0 Å². The number of pyridine rings is 1. The van der Waals surface area contributed by atoms with Gasteiger partial charge >= 0.3 is 0 Å². The summed E-state index contributed by atoms with van der Waals surface area (Å²) in [6, 6.07) is 7.19. The summed E-state index contributed by atoms with van der Waals surface area (Å²) in [6.45, 7) is 6.90. The van der Waals surface area contributed by atoms with Gasteiger partial charge in [-0.25, -0.2) is 9.97 Å². The van der Waals surface area contributed by atoms with Crippen molar-refractivity contribution in [2.24, 2.45) is 0 Å². The average molecular weight is 439 g/mol. The first-order chi connectivity index (χ1) is 14.9. The van der Waals surface area contributed by atoms with Crippen molar-refractivity contribution in [3.8, 4) is 0 Å². The molecule has 7 heteroatoms. The minimum atomic E-state index is -0.186. The lowest BCUT2D eigenvalue weighted by molar-refractivity contribution is 0.112. The Balaban J connectivity index is 1.80. The molecule has 0 aliphatic carbocycles. The Morgan fingerprint density at radius 3 is 2.87 bits per heavy atom. The van der Waals surface area contributed by atoms with E-state index in [1.807, 2.05) is 24.5 Å². The van der Waals surface area contributed by atoms with Gasteiger partial charge in [-0.1, -0.05) is 37.4 Å². The fourth-order valence-electron chi connectivity index (χ4n) is 4.49. The summed E-state index contributed by atoms with van der Waals surface area (Å²) in [6.07, 6.45) is 4.98. The number of anilines is 1. The highest BCUT2D eigenvalue weighted by Gasteiger charge is 2.27. The molecule has 1 aliphatic heterocycles. The highest BCUT2D eigenvalue weighted by atomic mass is 35.5. The van der Waals surface area contributed by atoms with E-state index in [2.05, 4.69) is 23.3 Å². The SMILES string of the molecule is CCCCC1CCn2c1nc1c(C(C)Nc3ccc(Cl)nc3C=O)cc(C)cc1c2=O. The average Bonchev–Trinajstić information content (AvgIpc) is 3.16. The Morgan fingerprint density at radius 1 is 1.32 bits per heavy atom. The molecule has 0 bridgehead atoms. The summed E-state index contributed by atoms with van der Waals surface area (Å²) in [5.74, 6) is 1.24. The van der Waals surface area contributed by atoms with Gasteiger partial charge in [0.1, 0.15) is 16.7 Å². The maximum Gasteiger partial charge on any atom is 0.261 e. The Kier molecular flexibility index (Phi) is 6.10. The van der Waals surface area contributed by atoms with Gasteiger partial charge in [0.25, 0.3) is 5.56 Å². The van der Waals surface area contributed by atoms with E-state index in [0.29, 0.717) is 23.3 Å². The predicted octanol–water partition coefficient (Wildman–Crippen LogP) is 5.42. The molecule has 0 radical (unpaired) electrons. The minimum absolute atomic E-state index is 0.0397. The lowest BCUT2D eigenvalue weighted by atomic mass is 9.98. The lowest BCUT2D eigenvalue weighted by Crippen LogP contribution is -2.23. The molecule has 6 nitrogen and oxygen atoms in total. The molecule has 31 heavy (non-hydrogen) atoms. The highest BCUT2D eigenvalue weighted by Crippen LogP contribution is 2.33. The number of carbonyl (C=O) groups is 1. The summed E-state index contributed by atoms with van der Waals surface area (Å²) < 4.78 is 1.86. The molecule has 1 N–H and O–H groups in total. The van der Waals surface area contributed by atoms with Crippen molar-refractivity contribution in [3.05, 3.63) is 62.4 Å². The van der Waals surface area contributed by atoms with Crippen LogP contribution in [0.1, 0.15) is 78.9 Å². The summed E-state index contributed by atoms with van der Waals surface area (Å²) in [5, 5.41) is 4.27. The zero-order valence-corrected chi connectivity index (χ0v) is 18.9. The van der Waals surface area contributed by atoms with Crippen LogP contribution in [0.15, 0.2) is 29.1 Å². The number of rotatable bonds is 7. The normalized spacial score (nSPS) is 16.3. The molecule has 0 fully saturated rings. The number of halogens is 1. The van der Waals surface area contributed by atoms with Gasteiger partial charge < -0.3 is 5.32 Å². The third-order valence-corrected chi connectivity index (χ3v) is 6.29. The number of unbranched alkanes of at least 4 members (excludes halogenated alkanes) is 1. The first kappa shape index (κ1) is 21.5. The van der Waals surface area contributed by atoms with E-state index in [-0.39, 0.29) is 22.4 Å². The number of hydrogen-bond donors (Lipinski definition) is 1. The third kappa shape index (κ3) is 4.09. The van der Waals surface area contributed by atoms with Crippen LogP contribution in [0.4, 0.5) is 5.69 Å². The summed E-state index contributed by atoms with van der Waals surface area (Å²) in [5.41, 5.74) is 3.56.